The van der Waals surface area contributed by atoms with Crippen molar-refractivity contribution in [3.8, 4) is 5.75 Å². The molecule has 47 heavy (non-hydrogen) atoms. The minimum atomic E-state index is -5.14. The van der Waals surface area contributed by atoms with Crippen LogP contribution in [0.2, 0.25) is 0 Å². The first-order chi connectivity index (χ1) is 22.1. The zero-order valence-electron chi connectivity index (χ0n) is 24.8. The number of imide groups is 1. The molecule has 0 aromatic heterocycles. The number of alkyl halides is 6. The third kappa shape index (κ3) is 6.18. The van der Waals surface area contributed by atoms with Gasteiger partial charge >= 0.3 is 12.4 Å². The predicted molar refractivity (Wildman–Crippen MR) is 158 cm³/mol. The van der Waals surface area contributed by atoms with Crippen molar-refractivity contribution < 1.29 is 50.2 Å². The number of phenolic OH excluding ortho intramolecular Hbond substituents is 1. The largest absolute Gasteiger partial charge is 0.505 e. The Bertz CT molecular complexity index is 1760. The highest BCUT2D eigenvalue weighted by atomic mass is 19.4. The number of ether oxygens (including phenoxy) is 1. The van der Waals surface area contributed by atoms with E-state index in [4.69, 9.17) is 4.74 Å². The molecule has 1 aliphatic carbocycles. The Hall–Kier alpha value is -4.45. The molecule has 4 atom stereocenters. The maximum atomic E-state index is 14.1. The van der Waals surface area contributed by atoms with Gasteiger partial charge in [-0.25, -0.2) is 9.29 Å². The molecule has 2 saturated heterocycles. The number of aromatic hydroxyl groups is 1. The van der Waals surface area contributed by atoms with Crippen molar-refractivity contribution in [3.63, 3.8) is 0 Å². The molecule has 0 spiro atoms. The van der Waals surface area contributed by atoms with Crippen LogP contribution in [0.25, 0.3) is 11.6 Å². The lowest BCUT2D eigenvalue weighted by Crippen LogP contribution is -2.34. The number of carbonyl (C=O) groups is 2. The van der Waals surface area contributed by atoms with Crippen LogP contribution in [-0.2, 0) is 26.7 Å². The van der Waals surface area contributed by atoms with Gasteiger partial charge in [-0.3, -0.25) is 9.59 Å². The van der Waals surface area contributed by atoms with Crippen LogP contribution in [0.15, 0.2) is 77.9 Å². The monoisotopic (exact) mass is 659 g/mol. The average Bonchev–Trinajstić information content (AvgIpc) is 3.54. The minimum absolute atomic E-state index is 0.0445. The standard InChI is InChI=1S/C35H28F7NO4/c1-18-11-25-31(33(46)43(32(25)45)24-15-22(34(37,38)39)14-23(16-24)35(40,41)42)26-17-47-29(30(18)26)10-8-21(20-5-3-2-4-6-20)12-19-7-9-28(44)27(36)13-19/h2-7,9,12-16,25-26,29,31,44H,8,10-11,17H2,1H3/b21-12-/t25-,26+,29-,31-/m1/s1. The fourth-order valence-corrected chi connectivity index (χ4v) is 7.00. The number of carbonyl (C=O) groups excluding carboxylic acids is 2. The second-order valence-electron chi connectivity index (χ2n) is 12.1. The summed E-state index contributed by atoms with van der Waals surface area (Å²) in [6.45, 7) is 1.84. The van der Waals surface area contributed by atoms with Crippen LogP contribution in [0.5, 0.6) is 5.75 Å². The van der Waals surface area contributed by atoms with Crippen molar-refractivity contribution >= 4 is 29.2 Å². The molecule has 3 aromatic rings. The van der Waals surface area contributed by atoms with E-state index in [0.29, 0.717) is 35.4 Å². The number of anilines is 1. The van der Waals surface area contributed by atoms with E-state index in [-0.39, 0.29) is 19.1 Å². The molecule has 3 aromatic carbocycles. The Kier molecular flexibility index (Phi) is 8.27. The van der Waals surface area contributed by atoms with Crippen LogP contribution in [0, 0.1) is 23.6 Å². The van der Waals surface area contributed by atoms with Crippen molar-refractivity contribution in [2.45, 2.75) is 44.6 Å². The molecule has 6 rings (SSSR count). The van der Waals surface area contributed by atoms with Crippen molar-refractivity contribution in [2.24, 2.45) is 17.8 Å². The lowest BCUT2D eigenvalue weighted by Gasteiger charge is -2.30. The van der Waals surface area contributed by atoms with E-state index in [1.807, 2.05) is 30.3 Å². The lowest BCUT2D eigenvalue weighted by molar-refractivity contribution is -0.143. The molecule has 2 fully saturated rings. The molecular weight excluding hydrogens is 631 g/mol. The quantitative estimate of drug-likeness (QED) is 0.125. The van der Waals surface area contributed by atoms with Crippen LogP contribution in [0.3, 0.4) is 0 Å². The number of amides is 2. The predicted octanol–water partition coefficient (Wildman–Crippen LogP) is 8.43. The van der Waals surface area contributed by atoms with Gasteiger partial charge in [0.2, 0.25) is 11.8 Å². The molecule has 5 nitrogen and oxygen atoms in total. The molecule has 12 heteroatoms. The third-order valence-corrected chi connectivity index (χ3v) is 9.12. The molecule has 2 amide bonds. The number of halogens is 7. The lowest BCUT2D eigenvalue weighted by atomic mass is 9.70. The Morgan fingerprint density at radius 1 is 0.915 bits per heavy atom. The number of phenols is 1. The molecule has 0 unspecified atom stereocenters. The van der Waals surface area contributed by atoms with E-state index in [2.05, 4.69) is 0 Å². The van der Waals surface area contributed by atoms with E-state index >= 15 is 0 Å². The zero-order valence-corrected chi connectivity index (χ0v) is 24.8. The summed E-state index contributed by atoms with van der Waals surface area (Å²) in [6, 6.07) is 14.1. The highest BCUT2D eigenvalue weighted by Gasteiger charge is 2.57. The summed E-state index contributed by atoms with van der Waals surface area (Å²) in [5, 5.41) is 9.59. The number of hydrogen-bond donors (Lipinski definition) is 1. The molecule has 0 radical (unpaired) electrons. The second-order valence-corrected chi connectivity index (χ2v) is 12.1. The Morgan fingerprint density at radius 3 is 2.19 bits per heavy atom. The minimum Gasteiger partial charge on any atom is -0.505 e. The first kappa shape index (κ1) is 32.5. The number of benzene rings is 3. The Labute approximate surface area is 265 Å². The van der Waals surface area contributed by atoms with E-state index < -0.39 is 76.4 Å². The van der Waals surface area contributed by atoms with Gasteiger partial charge in [0, 0.05) is 5.92 Å². The summed E-state index contributed by atoms with van der Waals surface area (Å²) in [5.41, 5.74) is -0.170. The number of fused-ring (bicyclic) bond motifs is 3. The summed E-state index contributed by atoms with van der Waals surface area (Å²) in [7, 11) is 0. The summed E-state index contributed by atoms with van der Waals surface area (Å²) in [5.74, 6) is -5.47. The van der Waals surface area contributed by atoms with Gasteiger partial charge in [0.15, 0.2) is 11.6 Å². The van der Waals surface area contributed by atoms with Gasteiger partial charge in [-0.15, -0.1) is 0 Å². The first-order valence-corrected chi connectivity index (χ1v) is 14.9. The molecule has 0 saturated carbocycles. The summed E-state index contributed by atoms with van der Waals surface area (Å²) >= 11 is 0. The van der Waals surface area contributed by atoms with E-state index in [9.17, 15) is 45.4 Å². The fourth-order valence-electron chi connectivity index (χ4n) is 7.00. The smallest absolute Gasteiger partial charge is 0.416 e. The Balaban J connectivity index is 1.27. The second kappa shape index (κ2) is 12.0. The molecule has 2 aliphatic heterocycles. The maximum absolute atomic E-state index is 14.1. The molecule has 3 aliphatic rings. The van der Waals surface area contributed by atoms with Gasteiger partial charge in [-0.2, -0.15) is 26.3 Å². The highest BCUT2D eigenvalue weighted by molar-refractivity contribution is 6.22. The van der Waals surface area contributed by atoms with E-state index in [0.717, 1.165) is 22.3 Å². The van der Waals surface area contributed by atoms with Crippen LogP contribution < -0.4 is 4.90 Å². The van der Waals surface area contributed by atoms with E-state index in [1.54, 1.807) is 19.1 Å². The number of hydrogen-bond acceptors (Lipinski definition) is 4. The Morgan fingerprint density at radius 2 is 1.57 bits per heavy atom. The maximum Gasteiger partial charge on any atom is 0.416 e. The van der Waals surface area contributed by atoms with Crippen molar-refractivity contribution in [2.75, 3.05) is 11.5 Å². The summed E-state index contributed by atoms with van der Waals surface area (Å²) in [6.07, 6.45) is -7.95. The van der Waals surface area contributed by atoms with Crippen molar-refractivity contribution in [1.29, 1.82) is 0 Å². The van der Waals surface area contributed by atoms with E-state index in [1.165, 1.54) is 12.1 Å². The van der Waals surface area contributed by atoms with Gasteiger partial charge in [0.1, 0.15) is 0 Å². The summed E-state index contributed by atoms with van der Waals surface area (Å²) in [4.78, 5) is 27.7. The van der Waals surface area contributed by atoms with Gasteiger partial charge < -0.3 is 9.84 Å². The van der Waals surface area contributed by atoms with Gasteiger partial charge in [0.05, 0.1) is 41.4 Å². The third-order valence-electron chi connectivity index (χ3n) is 9.12. The van der Waals surface area contributed by atoms with Crippen LogP contribution in [0.1, 0.15) is 48.4 Å². The van der Waals surface area contributed by atoms with Gasteiger partial charge in [-0.1, -0.05) is 48.0 Å². The van der Waals surface area contributed by atoms with Crippen LogP contribution >= 0.6 is 0 Å². The molecule has 1 N–H and O–H groups in total. The average molecular weight is 660 g/mol. The van der Waals surface area contributed by atoms with Crippen LogP contribution in [-0.4, -0.2) is 29.6 Å². The zero-order chi connectivity index (χ0) is 33.8. The summed E-state index contributed by atoms with van der Waals surface area (Å²) < 4.78 is 102. The molecule has 2 heterocycles. The van der Waals surface area contributed by atoms with Gasteiger partial charge in [0.25, 0.3) is 0 Å². The molecule has 0 bridgehead atoms. The molecular formula is C35H28F7NO4. The van der Waals surface area contributed by atoms with Crippen molar-refractivity contribution in [3.05, 3.63) is 106 Å². The first-order valence-electron chi connectivity index (χ1n) is 14.9. The fraction of sp³-hybridized carbons (Fsp3) is 0.314. The highest BCUT2D eigenvalue weighted by Crippen LogP contribution is 2.51. The SMILES string of the molecule is CC1=C2[C@@H](CC/C(=C/c3ccc(O)c(F)c3)c3ccccc3)OC[C@@H]2[C@@H]2C(=O)N(c3cc(C(F)(F)F)cc(C(F)(F)F)c3)C(=O)[C@@H]2C1. The number of nitrogens with zero attached hydrogens (tertiary/aromatic N) is 1. The number of allylic oxidation sites excluding steroid dienone is 2. The van der Waals surface area contributed by atoms with Crippen LogP contribution in [0.4, 0.5) is 36.4 Å². The topological polar surface area (TPSA) is 66.8 Å². The van der Waals surface area contributed by atoms with Crippen molar-refractivity contribution in [1.82, 2.24) is 0 Å². The number of rotatable bonds is 6. The van der Waals surface area contributed by atoms with Gasteiger partial charge in [-0.05, 0) is 78.8 Å². The normalized spacial score (nSPS) is 23.4. The molecule has 246 valence electrons.